The maximum atomic E-state index is 12.4. The summed E-state index contributed by atoms with van der Waals surface area (Å²) in [6.07, 6.45) is 44.5. The van der Waals surface area contributed by atoms with E-state index in [4.69, 9.17) is 24.3 Å². The van der Waals surface area contributed by atoms with Crippen LogP contribution in [0.25, 0.3) is 0 Å². The summed E-state index contributed by atoms with van der Waals surface area (Å²) in [5, 5.41) is 0. The summed E-state index contributed by atoms with van der Waals surface area (Å²) < 4.78 is 32.9. The summed E-state index contributed by atoms with van der Waals surface area (Å²) in [6, 6.07) is 0. The van der Waals surface area contributed by atoms with Crippen molar-refractivity contribution in [2.24, 2.45) is 5.73 Å². The fraction of sp³-hybridized carbons (Fsp3) is 0.829. The highest BCUT2D eigenvalue weighted by Crippen LogP contribution is 2.43. The molecule has 0 radical (unpaired) electrons. The van der Waals surface area contributed by atoms with Gasteiger partial charge in [-0.15, -0.1) is 0 Å². The molecular weight excluding hydrogens is 649 g/mol. The maximum absolute atomic E-state index is 12.4. The third-order valence-electron chi connectivity index (χ3n) is 8.73. The lowest BCUT2D eigenvalue weighted by atomic mass is 10.0. The number of allylic oxidation sites excluding steroid dienone is 4. The number of esters is 1. The highest BCUT2D eigenvalue weighted by atomic mass is 31.2. The molecule has 0 saturated carbocycles. The van der Waals surface area contributed by atoms with Crippen LogP contribution in [0.1, 0.15) is 187 Å². The summed E-state index contributed by atoms with van der Waals surface area (Å²) in [5.41, 5.74) is 5.35. The normalized spacial score (nSPS) is 13.8. The van der Waals surface area contributed by atoms with Crippen LogP contribution >= 0.6 is 7.82 Å². The molecule has 9 heteroatoms. The number of hydrogen-bond donors (Lipinski definition) is 2. The van der Waals surface area contributed by atoms with Gasteiger partial charge in [-0.05, 0) is 31.8 Å². The molecule has 0 aromatic carbocycles. The van der Waals surface area contributed by atoms with E-state index in [0.29, 0.717) is 0 Å². The van der Waals surface area contributed by atoms with E-state index in [1.807, 2.05) is 12.2 Å². The highest BCUT2D eigenvalue weighted by molar-refractivity contribution is 7.47. The fourth-order valence-electron chi connectivity index (χ4n) is 5.69. The van der Waals surface area contributed by atoms with Crippen LogP contribution in [0.2, 0.25) is 0 Å². The second-order valence-electron chi connectivity index (χ2n) is 13.6. The molecule has 294 valence electrons. The number of phosphoric acid groups is 1. The first kappa shape index (κ1) is 48.6. The van der Waals surface area contributed by atoms with E-state index in [2.05, 4.69) is 19.9 Å². The smallest absolute Gasteiger partial charge is 0.472 e. The van der Waals surface area contributed by atoms with E-state index in [0.717, 1.165) is 25.7 Å². The second kappa shape index (κ2) is 38.8. The minimum Gasteiger partial charge on any atom is -0.498 e. The van der Waals surface area contributed by atoms with Crippen molar-refractivity contribution in [2.45, 2.75) is 193 Å². The van der Waals surface area contributed by atoms with Crippen molar-refractivity contribution < 1.29 is 32.8 Å². The van der Waals surface area contributed by atoms with Gasteiger partial charge in [0.2, 0.25) is 0 Å². The minimum atomic E-state index is -4.31. The van der Waals surface area contributed by atoms with E-state index >= 15 is 0 Å². The third-order valence-corrected chi connectivity index (χ3v) is 9.72. The average Bonchev–Trinajstić information content (AvgIpc) is 3.10. The molecule has 1 unspecified atom stereocenters. The first-order valence-corrected chi connectivity index (χ1v) is 22.1. The number of carbonyl (C=O) groups is 1. The lowest BCUT2D eigenvalue weighted by Crippen LogP contribution is -2.27. The molecule has 3 N–H and O–H groups in total. The predicted octanol–water partition coefficient (Wildman–Crippen LogP) is 12.2. The molecule has 0 heterocycles. The van der Waals surface area contributed by atoms with Crippen molar-refractivity contribution in [3.63, 3.8) is 0 Å². The van der Waals surface area contributed by atoms with Gasteiger partial charge < -0.3 is 20.1 Å². The topological polar surface area (TPSA) is 117 Å². The molecule has 0 fully saturated rings. The number of nitrogens with two attached hydrogens (primary N) is 1. The quantitative estimate of drug-likeness (QED) is 0.0160. The molecular formula is C41H78NO7P. The van der Waals surface area contributed by atoms with Crippen molar-refractivity contribution in [2.75, 3.05) is 26.4 Å². The molecule has 0 saturated heterocycles. The Balaban J connectivity index is 4.20. The molecule has 0 aromatic rings. The number of rotatable bonds is 39. The first-order chi connectivity index (χ1) is 24.4. The largest absolute Gasteiger partial charge is 0.498 e. The van der Waals surface area contributed by atoms with Crippen LogP contribution in [0.15, 0.2) is 36.6 Å². The molecule has 2 atom stereocenters. The van der Waals surface area contributed by atoms with Gasteiger partial charge in [0, 0.05) is 12.6 Å². The molecule has 0 aromatic heterocycles. The summed E-state index contributed by atoms with van der Waals surface area (Å²) in [7, 11) is -4.31. The van der Waals surface area contributed by atoms with Gasteiger partial charge in [-0.25, -0.2) is 9.36 Å². The van der Waals surface area contributed by atoms with Crippen molar-refractivity contribution in [1.29, 1.82) is 0 Å². The third kappa shape index (κ3) is 37.8. The molecule has 0 aliphatic carbocycles. The molecule has 0 aliphatic heterocycles. The van der Waals surface area contributed by atoms with Crippen molar-refractivity contribution in [3.8, 4) is 0 Å². The average molecular weight is 728 g/mol. The van der Waals surface area contributed by atoms with Crippen LogP contribution < -0.4 is 5.73 Å². The van der Waals surface area contributed by atoms with Crippen LogP contribution in [0, 0.1) is 0 Å². The molecule has 8 nitrogen and oxygen atoms in total. The van der Waals surface area contributed by atoms with Gasteiger partial charge in [-0.2, -0.15) is 0 Å². The van der Waals surface area contributed by atoms with Gasteiger partial charge in [-0.3, -0.25) is 9.05 Å². The Kier molecular flexibility index (Phi) is 37.7. The van der Waals surface area contributed by atoms with Gasteiger partial charge in [-0.1, -0.05) is 180 Å². The minimum absolute atomic E-state index is 0.0135. The lowest BCUT2D eigenvalue weighted by molar-refractivity contribution is -0.147. The summed E-state index contributed by atoms with van der Waals surface area (Å²) in [4.78, 5) is 22.3. The molecule has 0 rings (SSSR count). The predicted molar refractivity (Wildman–Crippen MR) is 210 cm³/mol. The van der Waals surface area contributed by atoms with E-state index in [9.17, 15) is 14.3 Å². The van der Waals surface area contributed by atoms with Gasteiger partial charge in [0.15, 0.2) is 6.10 Å². The van der Waals surface area contributed by atoms with Crippen molar-refractivity contribution in [1.82, 2.24) is 0 Å². The standard InChI is InChI=1S/C41H78NO7P/c1-3-5-7-9-11-13-15-17-19-21-23-25-27-29-31-33-36-46-38-40(39-48-50(44,45)47-37-35-42)49-41(43)34-32-30-28-26-24-22-20-18-16-14-12-10-8-6-4-2/h28,30,32-34,36,40H,3-27,29,31,35,37-39,42H2,1-2H3,(H,44,45)/b30-28+,34-32+,36-33+/t40-/m1/s1. The number of unbranched alkanes of at least 4 members (excludes halogenated alkanes) is 25. The number of ether oxygens (including phenoxy) is 2. The molecule has 0 aliphatic rings. The summed E-state index contributed by atoms with van der Waals surface area (Å²) in [5.74, 6) is -0.580. The molecule has 0 spiro atoms. The maximum Gasteiger partial charge on any atom is 0.472 e. The van der Waals surface area contributed by atoms with Crippen LogP contribution in [0.5, 0.6) is 0 Å². The molecule has 0 bridgehead atoms. The SMILES string of the molecule is CCCCCCCCCCCCC/C=C/C=C/C(=O)O[C@H](CO/C=C/CCCCCCCCCCCCCCCC)COP(=O)(O)OCCN. The van der Waals surface area contributed by atoms with E-state index in [1.165, 1.54) is 154 Å². The van der Waals surface area contributed by atoms with E-state index in [1.54, 1.807) is 12.3 Å². The second-order valence-corrected chi connectivity index (χ2v) is 15.1. The number of hydrogen-bond acceptors (Lipinski definition) is 7. The Labute approximate surface area is 308 Å². The van der Waals surface area contributed by atoms with Crippen molar-refractivity contribution >= 4 is 13.8 Å². The van der Waals surface area contributed by atoms with Crippen LogP contribution in [-0.4, -0.2) is 43.3 Å². The molecule has 50 heavy (non-hydrogen) atoms. The fourth-order valence-corrected chi connectivity index (χ4v) is 6.46. The summed E-state index contributed by atoms with van der Waals surface area (Å²) in [6.45, 7) is 4.12. The Bertz CT molecular complexity index is 864. The Morgan fingerprint density at radius 3 is 1.52 bits per heavy atom. The van der Waals surface area contributed by atoms with Gasteiger partial charge in [0.1, 0.15) is 6.61 Å². The zero-order chi connectivity index (χ0) is 36.6. The van der Waals surface area contributed by atoms with E-state index in [-0.39, 0.29) is 26.4 Å². The summed E-state index contributed by atoms with van der Waals surface area (Å²) >= 11 is 0. The Morgan fingerprint density at radius 2 is 1.06 bits per heavy atom. The Hall–Kier alpha value is -1.44. The van der Waals surface area contributed by atoms with Crippen LogP contribution in [0.4, 0.5) is 0 Å². The van der Waals surface area contributed by atoms with Crippen LogP contribution in [0.3, 0.4) is 0 Å². The van der Waals surface area contributed by atoms with Gasteiger partial charge in [0.25, 0.3) is 0 Å². The first-order valence-electron chi connectivity index (χ1n) is 20.6. The number of phosphoric ester groups is 1. The highest BCUT2D eigenvalue weighted by Gasteiger charge is 2.24. The number of carbonyl (C=O) groups excluding carboxylic acids is 1. The lowest BCUT2D eigenvalue weighted by Gasteiger charge is -2.18. The van der Waals surface area contributed by atoms with E-state index < -0.39 is 19.9 Å². The van der Waals surface area contributed by atoms with Crippen molar-refractivity contribution in [3.05, 3.63) is 36.6 Å². The monoisotopic (exact) mass is 728 g/mol. The Morgan fingerprint density at radius 1 is 0.620 bits per heavy atom. The molecule has 0 amide bonds. The zero-order valence-electron chi connectivity index (χ0n) is 32.4. The van der Waals surface area contributed by atoms with Crippen LogP contribution in [-0.2, 0) is 27.9 Å². The zero-order valence-corrected chi connectivity index (χ0v) is 33.3. The van der Waals surface area contributed by atoms with Gasteiger partial charge >= 0.3 is 13.8 Å². The van der Waals surface area contributed by atoms with Gasteiger partial charge in [0.05, 0.1) is 19.5 Å².